The molecule has 1 N–H and O–H groups in total. The molecule has 0 atom stereocenters. The predicted octanol–water partition coefficient (Wildman–Crippen LogP) is 4.21. The fourth-order valence-corrected chi connectivity index (χ4v) is 2.33. The molecule has 23 heavy (non-hydrogen) atoms. The fraction of sp³-hybridized carbons (Fsp3) is 0.400. The first-order valence-corrected chi connectivity index (χ1v) is 8.46. The highest BCUT2D eigenvalue weighted by molar-refractivity contribution is 5.28. The van der Waals surface area contributed by atoms with Crippen molar-refractivity contribution in [2.75, 3.05) is 19.8 Å². The van der Waals surface area contributed by atoms with Crippen LogP contribution in [0.5, 0.6) is 11.5 Å². The lowest BCUT2D eigenvalue weighted by Crippen LogP contribution is -2.11. The van der Waals surface area contributed by atoms with Crippen LogP contribution in [0.2, 0.25) is 0 Å². The molecule has 2 aromatic carbocycles. The maximum atomic E-state index is 5.70. The van der Waals surface area contributed by atoms with E-state index in [1.54, 1.807) is 0 Å². The first-order valence-electron chi connectivity index (χ1n) is 8.46. The summed E-state index contributed by atoms with van der Waals surface area (Å²) in [5.41, 5.74) is 2.62. The Morgan fingerprint density at radius 1 is 0.739 bits per heavy atom. The van der Waals surface area contributed by atoms with E-state index >= 15 is 0 Å². The highest BCUT2D eigenvalue weighted by Gasteiger charge is 1.98. The second-order valence-electron chi connectivity index (χ2n) is 5.52. The van der Waals surface area contributed by atoms with E-state index in [0.29, 0.717) is 13.2 Å². The molecule has 0 aliphatic rings. The van der Waals surface area contributed by atoms with Gasteiger partial charge in [-0.3, -0.25) is 0 Å². The standard InChI is InChI=1S/C20H27NO2/c1-3-5-17-6-10-19(11-7-17)22-14-15-23-20-12-8-18(9-13-20)16-21-4-2/h6-13,21H,3-5,14-16H2,1-2H3. The summed E-state index contributed by atoms with van der Waals surface area (Å²) in [6.07, 6.45) is 2.29. The number of rotatable bonds is 10. The van der Waals surface area contributed by atoms with Gasteiger partial charge in [-0.05, 0) is 48.4 Å². The van der Waals surface area contributed by atoms with E-state index in [9.17, 15) is 0 Å². The zero-order valence-corrected chi connectivity index (χ0v) is 14.2. The van der Waals surface area contributed by atoms with Crippen molar-refractivity contribution in [2.24, 2.45) is 0 Å². The molecule has 3 nitrogen and oxygen atoms in total. The van der Waals surface area contributed by atoms with Crippen LogP contribution >= 0.6 is 0 Å². The van der Waals surface area contributed by atoms with Crippen LogP contribution in [0.15, 0.2) is 48.5 Å². The Morgan fingerprint density at radius 2 is 1.26 bits per heavy atom. The molecule has 0 aliphatic carbocycles. The molecule has 0 saturated carbocycles. The van der Waals surface area contributed by atoms with E-state index < -0.39 is 0 Å². The summed E-state index contributed by atoms with van der Waals surface area (Å²) in [6, 6.07) is 16.5. The zero-order chi connectivity index (χ0) is 16.3. The lowest BCUT2D eigenvalue weighted by Gasteiger charge is -2.09. The Balaban J connectivity index is 1.68. The summed E-state index contributed by atoms with van der Waals surface area (Å²) in [5.74, 6) is 1.78. The maximum Gasteiger partial charge on any atom is 0.122 e. The van der Waals surface area contributed by atoms with Crippen LogP contribution in [0.25, 0.3) is 0 Å². The molecule has 124 valence electrons. The van der Waals surface area contributed by atoms with Gasteiger partial charge in [0.15, 0.2) is 0 Å². The van der Waals surface area contributed by atoms with E-state index in [1.807, 2.05) is 24.3 Å². The van der Waals surface area contributed by atoms with Gasteiger partial charge in [-0.15, -0.1) is 0 Å². The van der Waals surface area contributed by atoms with E-state index in [4.69, 9.17) is 9.47 Å². The molecule has 3 heteroatoms. The summed E-state index contributed by atoms with van der Waals surface area (Å²) in [7, 11) is 0. The second kappa shape index (κ2) is 9.90. The van der Waals surface area contributed by atoms with Crippen LogP contribution < -0.4 is 14.8 Å². The number of aryl methyl sites for hydroxylation is 1. The Kier molecular flexibility index (Phi) is 7.47. The van der Waals surface area contributed by atoms with Crippen molar-refractivity contribution in [3.8, 4) is 11.5 Å². The van der Waals surface area contributed by atoms with E-state index in [0.717, 1.165) is 31.0 Å². The Bertz CT molecular complexity index is 549. The van der Waals surface area contributed by atoms with Crippen molar-refractivity contribution in [3.05, 3.63) is 59.7 Å². The lowest BCUT2D eigenvalue weighted by molar-refractivity contribution is 0.217. The molecule has 2 aromatic rings. The normalized spacial score (nSPS) is 10.5. The van der Waals surface area contributed by atoms with Crippen molar-refractivity contribution < 1.29 is 9.47 Å². The third-order valence-electron chi connectivity index (χ3n) is 3.59. The monoisotopic (exact) mass is 313 g/mol. The molecule has 2 rings (SSSR count). The summed E-state index contributed by atoms with van der Waals surface area (Å²) in [5, 5.41) is 3.31. The third-order valence-corrected chi connectivity index (χ3v) is 3.59. The largest absolute Gasteiger partial charge is 0.490 e. The van der Waals surface area contributed by atoms with Crippen molar-refractivity contribution in [3.63, 3.8) is 0 Å². The first-order chi connectivity index (χ1) is 11.3. The molecule has 0 heterocycles. The highest BCUT2D eigenvalue weighted by Crippen LogP contribution is 2.14. The average Bonchev–Trinajstić information content (AvgIpc) is 2.59. The number of benzene rings is 2. The van der Waals surface area contributed by atoms with Gasteiger partial charge in [-0.25, -0.2) is 0 Å². The average molecular weight is 313 g/mol. The number of hydrogen-bond donors (Lipinski definition) is 1. The molecule has 0 bridgehead atoms. The van der Waals surface area contributed by atoms with Crippen LogP contribution in [0.1, 0.15) is 31.4 Å². The maximum absolute atomic E-state index is 5.70. The van der Waals surface area contributed by atoms with Crippen molar-refractivity contribution in [2.45, 2.75) is 33.2 Å². The van der Waals surface area contributed by atoms with Crippen molar-refractivity contribution >= 4 is 0 Å². The summed E-state index contributed by atoms with van der Waals surface area (Å²) in [4.78, 5) is 0. The topological polar surface area (TPSA) is 30.5 Å². The van der Waals surface area contributed by atoms with Gasteiger partial charge in [-0.1, -0.05) is 44.5 Å². The minimum atomic E-state index is 0.545. The SMILES string of the molecule is CCCc1ccc(OCCOc2ccc(CNCC)cc2)cc1. The van der Waals surface area contributed by atoms with Crippen molar-refractivity contribution in [1.82, 2.24) is 5.32 Å². The van der Waals surface area contributed by atoms with Gasteiger partial charge in [-0.2, -0.15) is 0 Å². The molecule has 0 aliphatic heterocycles. The Morgan fingerprint density at radius 3 is 1.74 bits per heavy atom. The quantitative estimate of drug-likeness (QED) is 0.667. The van der Waals surface area contributed by atoms with Gasteiger partial charge >= 0.3 is 0 Å². The van der Waals surface area contributed by atoms with Crippen LogP contribution in [0.3, 0.4) is 0 Å². The zero-order valence-electron chi connectivity index (χ0n) is 14.2. The van der Waals surface area contributed by atoms with E-state index in [-0.39, 0.29) is 0 Å². The number of hydrogen-bond acceptors (Lipinski definition) is 3. The molecular weight excluding hydrogens is 286 g/mol. The van der Waals surface area contributed by atoms with Crippen molar-refractivity contribution in [1.29, 1.82) is 0 Å². The Labute approximate surface area is 139 Å². The van der Waals surface area contributed by atoms with Gasteiger partial charge in [0.05, 0.1) is 0 Å². The number of ether oxygens (including phenoxy) is 2. The third kappa shape index (κ3) is 6.33. The first kappa shape index (κ1) is 17.4. The molecule has 0 spiro atoms. The minimum absolute atomic E-state index is 0.545. The van der Waals surface area contributed by atoms with Crippen LogP contribution in [0.4, 0.5) is 0 Å². The molecular formula is C20H27NO2. The Hall–Kier alpha value is -2.00. The van der Waals surface area contributed by atoms with E-state index in [2.05, 4.69) is 43.4 Å². The molecule has 0 aromatic heterocycles. The summed E-state index contributed by atoms with van der Waals surface area (Å²) in [6.45, 7) is 7.27. The van der Waals surface area contributed by atoms with Crippen LogP contribution in [-0.4, -0.2) is 19.8 Å². The van der Waals surface area contributed by atoms with Crippen LogP contribution in [0, 0.1) is 0 Å². The van der Waals surface area contributed by atoms with Gasteiger partial charge in [0.1, 0.15) is 24.7 Å². The summed E-state index contributed by atoms with van der Waals surface area (Å²) < 4.78 is 11.4. The van der Waals surface area contributed by atoms with Gasteiger partial charge in [0.2, 0.25) is 0 Å². The smallest absolute Gasteiger partial charge is 0.122 e. The predicted molar refractivity (Wildman–Crippen MR) is 95.2 cm³/mol. The van der Waals surface area contributed by atoms with Crippen LogP contribution in [-0.2, 0) is 13.0 Å². The van der Waals surface area contributed by atoms with Gasteiger partial charge in [0.25, 0.3) is 0 Å². The van der Waals surface area contributed by atoms with Gasteiger partial charge in [0, 0.05) is 6.54 Å². The molecule has 0 unspecified atom stereocenters. The highest BCUT2D eigenvalue weighted by atomic mass is 16.5. The molecule has 0 saturated heterocycles. The van der Waals surface area contributed by atoms with Gasteiger partial charge < -0.3 is 14.8 Å². The number of nitrogens with one attached hydrogen (secondary N) is 1. The minimum Gasteiger partial charge on any atom is -0.490 e. The molecule has 0 radical (unpaired) electrons. The molecule has 0 amide bonds. The molecule has 0 fully saturated rings. The summed E-state index contributed by atoms with van der Waals surface area (Å²) >= 11 is 0. The van der Waals surface area contributed by atoms with E-state index in [1.165, 1.54) is 17.5 Å². The second-order valence-corrected chi connectivity index (χ2v) is 5.52. The lowest BCUT2D eigenvalue weighted by atomic mass is 10.1. The fourth-order valence-electron chi connectivity index (χ4n) is 2.33.